The van der Waals surface area contributed by atoms with Gasteiger partial charge in [0.25, 0.3) is 0 Å². The SMILES string of the molecule is Cc1ccc(Br)cc1C1CNCCO1. The van der Waals surface area contributed by atoms with Gasteiger partial charge in [-0.15, -0.1) is 0 Å². The van der Waals surface area contributed by atoms with Gasteiger partial charge in [-0.1, -0.05) is 22.0 Å². The number of rotatable bonds is 1. The predicted octanol–water partition coefficient (Wildman–Crippen LogP) is 2.42. The Morgan fingerprint density at radius 1 is 1.50 bits per heavy atom. The predicted molar refractivity (Wildman–Crippen MR) is 60.4 cm³/mol. The van der Waals surface area contributed by atoms with Crippen LogP contribution in [0, 0.1) is 6.92 Å². The molecule has 1 aliphatic heterocycles. The monoisotopic (exact) mass is 255 g/mol. The van der Waals surface area contributed by atoms with Gasteiger partial charge in [0.05, 0.1) is 12.7 Å². The molecule has 0 bridgehead atoms. The van der Waals surface area contributed by atoms with E-state index in [4.69, 9.17) is 4.74 Å². The van der Waals surface area contributed by atoms with Gasteiger partial charge >= 0.3 is 0 Å². The molecule has 0 spiro atoms. The highest BCUT2D eigenvalue weighted by atomic mass is 79.9. The van der Waals surface area contributed by atoms with E-state index in [-0.39, 0.29) is 6.10 Å². The normalized spacial score (nSPS) is 22.3. The van der Waals surface area contributed by atoms with E-state index in [1.165, 1.54) is 11.1 Å². The van der Waals surface area contributed by atoms with Gasteiger partial charge < -0.3 is 10.1 Å². The highest BCUT2D eigenvalue weighted by molar-refractivity contribution is 9.10. The molecule has 0 aliphatic carbocycles. The lowest BCUT2D eigenvalue weighted by molar-refractivity contribution is 0.0273. The highest BCUT2D eigenvalue weighted by Crippen LogP contribution is 2.25. The standard InChI is InChI=1S/C11H14BrNO/c1-8-2-3-9(12)6-10(8)11-7-13-4-5-14-11/h2-3,6,11,13H,4-5,7H2,1H3. The van der Waals surface area contributed by atoms with Crippen molar-refractivity contribution in [3.63, 3.8) is 0 Å². The lowest BCUT2D eigenvalue weighted by atomic mass is 10.0. The van der Waals surface area contributed by atoms with E-state index >= 15 is 0 Å². The van der Waals surface area contributed by atoms with Crippen molar-refractivity contribution in [2.24, 2.45) is 0 Å². The maximum Gasteiger partial charge on any atom is 0.0952 e. The molecule has 0 radical (unpaired) electrons. The zero-order valence-corrected chi connectivity index (χ0v) is 9.80. The lowest BCUT2D eigenvalue weighted by Crippen LogP contribution is -2.33. The molecular formula is C11H14BrNO. The van der Waals surface area contributed by atoms with Crippen molar-refractivity contribution in [2.45, 2.75) is 13.0 Å². The molecule has 3 heteroatoms. The van der Waals surface area contributed by atoms with E-state index < -0.39 is 0 Å². The highest BCUT2D eigenvalue weighted by Gasteiger charge is 2.17. The third-order valence-corrected chi connectivity index (χ3v) is 3.01. The third-order valence-electron chi connectivity index (χ3n) is 2.52. The second-order valence-corrected chi connectivity index (χ2v) is 4.48. The summed E-state index contributed by atoms with van der Waals surface area (Å²) in [5.74, 6) is 0. The van der Waals surface area contributed by atoms with E-state index in [0.717, 1.165) is 24.2 Å². The molecule has 1 aliphatic rings. The van der Waals surface area contributed by atoms with Crippen LogP contribution in [0.2, 0.25) is 0 Å². The summed E-state index contributed by atoms with van der Waals surface area (Å²) in [6.45, 7) is 4.80. The van der Waals surface area contributed by atoms with Crippen molar-refractivity contribution in [1.82, 2.24) is 5.32 Å². The molecule has 14 heavy (non-hydrogen) atoms. The molecule has 1 saturated heterocycles. The molecule has 2 rings (SSSR count). The molecule has 2 nitrogen and oxygen atoms in total. The van der Waals surface area contributed by atoms with Gasteiger partial charge in [-0.2, -0.15) is 0 Å². The summed E-state index contributed by atoms with van der Waals surface area (Å²) in [5, 5.41) is 3.34. The lowest BCUT2D eigenvalue weighted by Gasteiger charge is -2.25. The zero-order valence-electron chi connectivity index (χ0n) is 8.22. The largest absolute Gasteiger partial charge is 0.371 e. The minimum Gasteiger partial charge on any atom is -0.371 e. The summed E-state index contributed by atoms with van der Waals surface area (Å²) < 4.78 is 6.83. The Bertz CT molecular complexity index is 321. The van der Waals surface area contributed by atoms with Crippen LogP contribution in [-0.4, -0.2) is 19.7 Å². The first-order chi connectivity index (χ1) is 6.77. The number of ether oxygens (including phenoxy) is 1. The number of hydrogen-bond donors (Lipinski definition) is 1. The second kappa shape index (κ2) is 4.43. The van der Waals surface area contributed by atoms with Gasteiger partial charge in [-0.05, 0) is 30.2 Å². The van der Waals surface area contributed by atoms with Gasteiger partial charge in [0.2, 0.25) is 0 Å². The topological polar surface area (TPSA) is 21.3 Å². The minimum absolute atomic E-state index is 0.209. The molecule has 1 fully saturated rings. The van der Waals surface area contributed by atoms with Crippen LogP contribution in [0.3, 0.4) is 0 Å². The molecule has 1 heterocycles. The van der Waals surface area contributed by atoms with E-state index in [0.29, 0.717) is 0 Å². The fraction of sp³-hybridized carbons (Fsp3) is 0.455. The summed E-state index contributed by atoms with van der Waals surface area (Å²) in [6.07, 6.45) is 0.209. The number of aryl methyl sites for hydroxylation is 1. The number of nitrogens with one attached hydrogen (secondary N) is 1. The second-order valence-electron chi connectivity index (χ2n) is 3.56. The van der Waals surface area contributed by atoms with Crippen molar-refractivity contribution in [3.8, 4) is 0 Å². The first-order valence-corrected chi connectivity index (χ1v) is 5.65. The van der Waals surface area contributed by atoms with E-state index in [1.54, 1.807) is 0 Å². The van der Waals surface area contributed by atoms with Gasteiger partial charge in [-0.25, -0.2) is 0 Å². The molecular weight excluding hydrogens is 242 g/mol. The molecule has 1 atom stereocenters. The fourth-order valence-electron chi connectivity index (χ4n) is 1.72. The van der Waals surface area contributed by atoms with Crippen LogP contribution in [0.1, 0.15) is 17.2 Å². The van der Waals surface area contributed by atoms with Crippen LogP contribution in [0.15, 0.2) is 22.7 Å². The minimum atomic E-state index is 0.209. The third kappa shape index (κ3) is 2.16. The molecule has 0 amide bonds. The Hall–Kier alpha value is -0.380. The Morgan fingerprint density at radius 2 is 2.36 bits per heavy atom. The fourth-order valence-corrected chi connectivity index (χ4v) is 2.10. The Kier molecular flexibility index (Phi) is 3.21. The molecule has 0 saturated carbocycles. The van der Waals surface area contributed by atoms with Gasteiger partial charge in [0.15, 0.2) is 0 Å². The summed E-state index contributed by atoms with van der Waals surface area (Å²) in [4.78, 5) is 0. The first-order valence-electron chi connectivity index (χ1n) is 4.86. The van der Waals surface area contributed by atoms with E-state index in [9.17, 15) is 0 Å². The Labute approximate surface area is 92.8 Å². The Morgan fingerprint density at radius 3 is 3.07 bits per heavy atom. The molecule has 1 N–H and O–H groups in total. The molecule has 0 aromatic heterocycles. The maximum atomic E-state index is 5.72. The van der Waals surface area contributed by atoms with Crippen LogP contribution in [-0.2, 0) is 4.74 Å². The Balaban J connectivity index is 2.24. The number of hydrogen-bond acceptors (Lipinski definition) is 2. The van der Waals surface area contributed by atoms with Crippen molar-refractivity contribution >= 4 is 15.9 Å². The smallest absolute Gasteiger partial charge is 0.0952 e. The number of benzene rings is 1. The van der Waals surface area contributed by atoms with Crippen LogP contribution in [0.25, 0.3) is 0 Å². The van der Waals surface area contributed by atoms with Gasteiger partial charge in [0.1, 0.15) is 0 Å². The summed E-state index contributed by atoms with van der Waals surface area (Å²) in [6, 6.07) is 6.33. The first kappa shape index (κ1) is 10.1. The van der Waals surface area contributed by atoms with Crippen LogP contribution in [0.4, 0.5) is 0 Å². The van der Waals surface area contributed by atoms with Crippen molar-refractivity contribution in [3.05, 3.63) is 33.8 Å². The molecule has 1 aromatic carbocycles. The maximum absolute atomic E-state index is 5.72. The van der Waals surface area contributed by atoms with E-state index in [2.05, 4.69) is 46.4 Å². The van der Waals surface area contributed by atoms with Crippen molar-refractivity contribution in [2.75, 3.05) is 19.7 Å². The quantitative estimate of drug-likeness (QED) is 0.833. The van der Waals surface area contributed by atoms with E-state index in [1.807, 2.05) is 0 Å². The number of morpholine rings is 1. The summed E-state index contributed by atoms with van der Waals surface area (Å²) >= 11 is 3.49. The average molecular weight is 256 g/mol. The van der Waals surface area contributed by atoms with Crippen molar-refractivity contribution < 1.29 is 4.74 Å². The zero-order chi connectivity index (χ0) is 9.97. The summed E-state index contributed by atoms with van der Waals surface area (Å²) in [5.41, 5.74) is 2.58. The van der Waals surface area contributed by atoms with Gasteiger partial charge in [-0.3, -0.25) is 0 Å². The molecule has 1 aromatic rings. The van der Waals surface area contributed by atoms with Crippen LogP contribution < -0.4 is 5.32 Å². The molecule has 1 unspecified atom stereocenters. The average Bonchev–Trinajstić information content (AvgIpc) is 2.23. The molecule has 76 valence electrons. The van der Waals surface area contributed by atoms with Crippen LogP contribution in [0.5, 0.6) is 0 Å². The summed E-state index contributed by atoms with van der Waals surface area (Å²) in [7, 11) is 0. The van der Waals surface area contributed by atoms with Crippen LogP contribution >= 0.6 is 15.9 Å². The number of halogens is 1. The van der Waals surface area contributed by atoms with Crippen molar-refractivity contribution in [1.29, 1.82) is 0 Å². The van der Waals surface area contributed by atoms with Gasteiger partial charge in [0, 0.05) is 17.6 Å².